The number of isothiocyanates is 1. The van der Waals surface area contributed by atoms with E-state index in [0.717, 1.165) is 40.1 Å². The van der Waals surface area contributed by atoms with Crippen LogP contribution in [0.15, 0.2) is 76.6 Å². The Hall–Kier alpha value is -3.07. The molecule has 0 heterocycles. The minimum absolute atomic E-state index is 0.784. The summed E-state index contributed by atoms with van der Waals surface area (Å²) in [5, 5.41) is 2.37. The van der Waals surface area contributed by atoms with Crippen molar-refractivity contribution in [1.82, 2.24) is 0 Å². The Labute approximate surface area is 188 Å². The molecule has 0 atom stereocenters. The lowest BCUT2D eigenvalue weighted by molar-refractivity contribution is 1.13. The summed E-state index contributed by atoms with van der Waals surface area (Å²) in [5.74, 6) is 14.1. The fourth-order valence-corrected chi connectivity index (χ4v) is 3.61. The van der Waals surface area contributed by atoms with Gasteiger partial charge in [-0.05, 0) is 96.7 Å². The van der Waals surface area contributed by atoms with Gasteiger partial charge in [-0.2, -0.15) is 4.99 Å². The Kier molecular flexibility index (Phi) is 8.08. The van der Waals surface area contributed by atoms with Gasteiger partial charge in [0.1, 0.15) is 0 Å². The molecule has 0 radical (unpaired) electrons. The first kappa shape index (κ1) is 21.6. The van der Waals surface area contributed by atoms with E-state index < -0.39 is 0 Å². The van der Waals surface area contributed by atoms with Crippen molar-refractivity contribution in [2.24, 2.45) is 4.99 Å². The van der Waals surface area contributed by atoms with Crippen LogP contribution in [0.4, 0.5) is 5.69 Å². The Morgan fingerprint density at radius 2 is 1.37 bits per heavy atom. The molecule has 3 rings (SSSR count). The van der Waals surface area contributed by atoms with Crippen LogP contribution in [0.5, 0.6) is 0 Å². The number of hydrogen-bond donors (Lipinski definition) is 0. The number of thiocarbonyl (C=S) groups is 1. The number of thioether (sulfide) groups is 1. The van der Waals surface area contributed by atoms with E-state index in [-0.39, 0.29) is 0 Å². The highest BCUT2D eigenvalue weighted by atomic mass is 32.2. The summed E-state index contributed by atoms with van der Waals surface area (Å²) < 4.78 is 0. The molecule has 0 spiro atoms. The van der Waals surface area contributed by atoms with Crippen LogP contribution < -0.4 is 0 Å². The van der Waals surface area contributed by atoms with Gasteiger partial charge in [-0.1, -0.05) is 37.5 Å². The summed E-state index contributed by atoms with van der Waals surface area (Å²) in [7, 11) is 0. The summed E-state index contributed by atoms with van der Waals surface area (Å²) in [5.41, 5.74) is 5.99. The van der Waals surface area contributed by atoms with E-state index >= 15 is 0 Å². The van der Waals surface area contributed by atoms with E-state index in [9.17, 15) is 0 Å². The molecule has 146 valence electrons. The largest absolute Gasteiger partial charge is 0.195 e. The van der Waals surface area contributed by atoms with E-state index in [1.165, 1.54) is 10.5 Å². The first-order valence-corrected chi connectivity index (χ1v) is 11.2. The number of rotatable bonds is 4. The average Bonchev–Trinajstić information content (AvgIpc) is 2.79. The zero-order chi connectivity index (χ0) is 21.2. The van der Waals surface area contributed by atoms with Gasteiger partial charge in [0.05, 0.1) is 10.8 Å². The van der Waals surface area contributed by atoms with Gasteiger partial charge in [-0.15, -0.1) is 11.8 Å². The van der Waals surface area contributed by atoms with Crippen molar-refractivity contribution in [3.05, 3.63) is 94.5 Å². The summed E-state index contributed by atoms with van der Waals surface area (Å²) in [6.45, 7) is 4.30. The maximum absolute atomic E-state index is 4.63. The normalized spacial score (nSPS) is 9.53. The predicted octanol–water partition coefficient (Wildman–Crippen LogP) is 6.89. The first-order valence-electron chi connectivity index (χ1n) is 9.79. The van der Waals surface area contributed by atoms with Gasteiger partial charge in [0.15, 0.2) is 0 Å². The van der Waals surface area contributed by atoms with Crippen LogP contribution in [0, 0.1) is 23.7 Å². The first-order chi connectivity index (χ1) is 14.7. The van der Waals surface area contributed by atoms with Gasteiger partial charge in [-0.25, -0.2) is 0 Å². The Morgan fingerprint density at radius 3 is 2.00 bits per heavy atom. The van der Waals surface area contributed by atoms with Crippen molar-refractivity contribution >= 4 is 34.8 Å². The van der Waals surface area contributed by atoms with Crippen LogP contribution >= 0.6 is 24.0 Å². The van der Waals surface area contributed by atoms with E-state index in [1.807, 2.05) is 42.1 Å². The quantitative estimate of drug-likeness (QED) is 0.196. The molecule has 0 saturated carbocycles. The Bertz CT molecular complexity index is 1180. The third kappa shape index (κ3) is 6.21. The van der Waals surface area contributed by atoms with Gasteiger partial charge < -0.3 is 0 Å². The molecule has 0 aliphatic heterocycles. The van der Waals surface area contributed by atoms with E-state index in [4.69, 9.17) is 0 Å². The van der Waals surface area contributed by atoms with E-state index in [0.29, 0.717) is 0 Å². The van der Waals surface area contributed by atoms with Crippen LogP contribution in [-0.4, -0.2) is 10.9 Å². The van der Waals surface area contributed by atoms with Crippen LogP contribution in [0.25, 0.3) is 0 Å². The second-order valence-electron chi connectivity index (χ2n) is 6.43. The zero-order valence-corrected chi connectivity index (χ0v) is 18.7. The molecule has 3 heteroatoms. The maximum atomic E-state index is 4.63. The number of aliphatic imine (C=N–C) groups is 1. The number of benzene rings is 3. The molecule has 0 fully saturated rings. The van der Waals surface area contributed by atoms with Crippen LogP contribution in [0.1, 0.15) is 41.7 Å². The van der Waals surface area contributed by atoms with Crippen LogP contribution in [0.3, 0.4) is 0 Å². The second-order valence-corrected chi connectivity index (χ2v) is 7.95. The highest BCUT2D eigenvalue weighted by Gasteiger charge is 2.00. The number of aryl methyl sites for hydroxylation is 1. The maximum Gasteiger partial charge on any atom is 0.0740 e. The highest BCUT2D eigenvalue weighted by Crippen LogP contribution is 2.18. The molecular formula is C27H21NS2. The molecule has 3 aromatic carbocycles. The number of hydrogen-bond acceptors (Lipinski definition) is 3. The monoisotopic (exact) mass is 423 g/mol. The molecule has 3 aromatic rings. The lowest BCUT2D eigenvalue weighted by Gasteiger charge is -2.02. The predicted molar refractivity (Wildman–Crippen MR) is 132 cm³/mol. The SMILES string of the molecule is CCSc1ccc(C#Cc2ccc(C#Cc3ccc(N=C=S)cc3)c(CC)c2)cc1. The fraction of sp³-hybridized carbons (Fsp3) is 0.148. The minimum atomic E-state index is 0.784. The van der Waals surface area contributed by atoms with Crippen molar-refractivity contribution < 1.29 is 0 Å². The van der Waals surface area contributed by atoms with Crippen molar-refractivity contribution in [1.29, 1.82) is 0 Å². The van der Waals surface area contributed by atoms with Gasteiger partial charge in [-0.3, -0.25) is 0 Å². The summed E-state index contributed by atoms with van der Waals surface area (Å²) in [4.78, 5) is 5.24. The highest BCUT2D eigenvalue weighted by molar-refractivity contribution is 7.99. The second kappa shape index (κ2) is 11.2. The van der Waals surface area contributed by atoms with Gasteiger partial charge >= 0.3 is 0 Å². The molecule has 0 aliphatic rings. The molecule has 1 nitrogen and oxygen atoms in total. The van der Waals surface area contributed by atoms with Crippen molar-refractivity contribution in [2.45, 2.75) is 25.2 Å². The third-order valence-corrected chi connectivity index (χ3v) is 5.37. The lowest BCUT2D eigenvalue weighted by Crippen LogP contribution is -1.89. The third-order valence-electron chi connectivity index (χ3n) is 4.39. The average molecular weight is 424 g/mol. The van der Waals surface area contributed by atoms with Gasteiger partial charge in [0.2, 0.25) is 0 Å². The van der Waals surface area contributed by atoms with Crippen LogP contribution in [0.2, 0.25) is 0 Å². The summed E-state index contributed by atoms with van der Waals surface area (Å²) in [6, 6.07) is 22.3. The summed E-state index contributed by atoms with van der Waals surface area (Å²) >= 11 is 6.46. The Morgan fingerprint density at radius 1 is 0.767 bits per heavy atom. The lowest BCUT2D eigenvalue weighted by atomic mass is 10.0. The van der Waals surface area contributed by atoms with Gasteiger partial charge in [0, 0.05) is 27.1 Å². The van der Waals surface area contributed by atoms with E-state index in [2.05, 4.69) is 96.3 Å². The summed E-state index contributed by atoms with van der Waals surface area (Å²) in [6.07, 6.45) is 0.908. The molecule has 0 aliphatic carbocycles. The fourth-order valence-electron chi connectivity index (χ4n) is 2.84. The smallest absolute Gasteiger partial charge is 0.0740 e. The standard InChI is InChI=1S/C27H21NS2/c1-3-24-19-23(6-5-21-11-17-27(18-12-21)30-4-2)8-14-25(24)13-7-22-9-15-26(16-10-22)28-20-29/h8-12,14-19H,3-4H2,1-2H3. The van der Waals surface area contributed by atoms with E-state index in [1.54, 1.807) is 0 Å². The molecule has 0 aromatic heterocycles. The van der Waals surface area contributed by atoms with Crippen molar-refractivity contribution in [2.75, 3.05) is 5.75 Å². The van der Waals surface area contributed by atoms with Crippen molar-refractivity contribution in [3.8, 4) is 23.7 Å². The van der Waals surface area contributed by atoms with Crippen LogP contribution in [-0.2, 0) is 6.42 Å². The topological polar surface area (TPSA) is 12.4 Å². The zero-order valence-electron chi connectivity index (χ0n) is 17.0. The Balaban J connectivity index is 1.78. The minimum Gasteiger partial charge on any atom is -0.195 e. The van der Waals surface area contributed by atoms with Gasteiger partial charge in [0.25, 0.3) is 0 Å². The molecule has 0 saturated heterocycles. The molecular weight excluding hydrogens is 402 g/mol. The molecule has 0 unspecified atom stereocenters. The molecule has 0 bridgehead atoms. The van der Waals surface area contributed by atoms with Crippen molar-refractivity contribution in [3.63, 3.8) is 0 Å². The molecule has 0 amide bonds. The molecule has 0 N–H and O–H groups in total. The molecule has 30 heavy (non-hydrogen) atoms. The number of nitrogens with zero attached hydrogens (tertiary/aromatic N) is 1.